The van der Waals surface area contributed by atoms with Crippen molar-refractivity contribution in [2.45, 2.75) is 13.5 Å². The van der Waals surface area contributed by atoms with E-state index in [0.29, 0.717) is 22.3 Å². The second-order valence-corrected chi connectivity index (χ2v) is 4.79. The molecule has 4 heteroatoms. The summed E-state index contributed by atoms with van der Waals surface area (Å²) in [5.74, 6) is 1.33. The van der Waals surface area contributed by atoms with Crippen molar-refractivity contribution in [2.24, 2.45) is 5.73 Å². The molecule has 0 heterocycles. The van der Waals surface area contributed by atoms with Crippen LogP contribution in [0.25, 0.3) is 0 Å². The van der Waals surface area contributed by atoms with Gasteiger partial charge in [0, 0.05) is 17.1 Å². The van der Waals surface area contributed by atoms with Gasteiger partial charge in [0.1, 0.15) is 11.5 Å². The fraction of sp³-hybridized carbons (Fsp3) is 0.143. The molecule has 0 bridgehead atoms. The number of halogens is 2. The van der Waals surface area contributed by atoms with Crippen molar-refractivity contribution in [3.63, 3.8) is 0 Å². The molecule has 0 amide bonds. The van der Waals surface area contributed by atoms with Gasteiger partial charge in [-0.1, -0.05) is 35.3 Å². The minimum absolute atomic E-state index is 0.378. The minimum atomic E-state index is 0.378. The van der Waals surface area contributed by atoms with E-state index in [-0.39, 0.29) is 0 Å². The first-order valence-corrected chi connectivity index (χ1v) is 6.29. The molecule has 2 aromatic carbocycles. The van der Waals surface area contributed by atoms with Crippen LogP contribution in [0.15, 0.2) is 36.4 Å². The maximum absolute atomic E-state index is 6.14. The van der Waals surface area contributed by atoms with E-state index < -0.39 is 0 Å². The summed E-state index contributed by atoms with van der Waals surface area (Å²) in [7, 11) is 0. The molecule has 0 saturated carbocycles. The predicted octanol–water partition coefficient (Wildman–Crippen LogP) is 4.55. The second kappa shape index (κ2) is 5.61. The molecule has 0 radical (unpaired) electrons. The number of aryl methyl sites for hydroxylation is 1. The zero-order valence-electron chi connectivity index (χ0n) is 9.91. The number of benzene rings is 2. The maximum Gasteiger partial charge on any atom is 0.150 e. The summed E-state index contributed by atoms with van der Waals surface area (Å²) in [6.07, 6.45) is 0. The molecular formula is C14H13Cl2NO. The topological polar surface area (TPSA) is 35.2 Å². The molecule has 2 N–H and O–H groups in total. The lowest BCUT2D eigenvalue weighted by atomic mass is 10.2. The monoisotopic (exact) mass is 281 g/mol. The molecule has 2 aromatic rings. The maximum atomic E-state index is 6.14. The molecule has 0 aliphatic carbocycles. The van der Waals surface area contributed by atoms with Crippen LogP contribution in [0.2, 0.25) is 10.0 Å². The third-order valence-corrected chi connectivity index (χ3v) is 3.15. The fourth-order valence-corrected chi connectivity index (χ4v) is 2.13. The molecule has 0 saturated heterocycles. The Hall–Kier alpha value is -1.22. The van der Waals surface area contributed by atoms with Crippen molar-refractivity contribution in [1.82, 2.24) is 0 Å². The molecular weight excluding hydrogens is 269 g/mol. The summed E-state index contributed by atoms with van der Waals surface area (Å²) < 4.78 is 5.85. The summed E-state index contributed by atoms with van der Waals surface area (Å²) in [6, 6.07) is 11.0. The summed E-state index contributed by atoms with van der Waals surface area (Å²) in [5.41, 5.74) is 7.50. The highest BCUT2D eigenvalue weighted by molar-refractivity contribution is 6.32. The standard InChI is InChI=1S/C14H13Cl2NO/c1-9-7-11(15)5-6-13(9)18-14-10(8-17)3-2-4-12(14)16/h2-7H,8,17H2,1H3. The van der Waals surface area contributed by atoms with Crippen molar-refractivity contribution in [1.29, 1.82) is 0 Å². The van der Waals surface area contributed by atoms with Crippen LogP contribution in [0, 0.1) is 6.92 Å². The number of ether oxygens (including phenoxy) is 1. The third-order valence-electron chi connectivity index (χ3n) is 2.62. The normalized spacial score (nSPS) is 10.4. The van der Waals surface area contributed by atoms with Gasteiger partial charge in [0.05, 0.1) is 5.02 Å². The smallest absolute Gasteiger partial charge is 0.150 e. The zero-order chi connectivity index (χ0) is 13.1. The number of rotatable bonds is 3. The molecule has 0 aliphatic rings. The number of hydrogen-bond acceptors (Lipinski definition) is 2. The average Bonchev–Trinajstić information content (AvgIpc) is 2.34. The SMILES string of the molecule is Cc1cc(Cl)ccc1Oc1c(Cl)cccc1CN. The van der Waals surface area contributed by atoms with Gasteiger partial charge in [-0.25, -0.2) is 0 Å². The quantitative estimate of drug-likeness (QED) is 0.896. The van der Waals surface area contributed by atoms with Crippen LogP contribution in [0.3, 0.4) is 0 Å². The van der Waals surface area contributed by atoms with Crippen molar-refractivity contribution in [2.75, 3.05) is 0 Å². The lowest BCUT2D eigenvalue weighted by molar-refractivity contribution is 0.473. The highest BCUT2D eigenvalue weighted by Crippen LogP contribution is 2.34. The Morgan fingerprint density at radius 3 is 2.61 bits per heavy atom. The van der Waals surface area contributed by atoms with E-state index in [4.69, 9.17) is 33.7 Å². The molecule has 0 unspecified atom stereocenters. The largest absolute Gasteiger partial charge is 0.455 e. The van der Waals surface area contributed by atoms with Gasteiger partial charge in [-0.05, 0) is 36.8 Å². The van der Waals surface area contributed by atoms with E-state index in [0.717, 1.165) is 16.9 Å². The predicted molar refractivity (Wildman–Crippen MR) is 75.6 cm³/mol. The van der Waals surface area contributed by atoms with E-state index in [2.05, 4.69) is 0 Å². The van der Waals surface area contributed by atoms with Gasteiger partial charge in [-0.15, -0.1) is 0 Å². The summed E-state index contributed by atoms with van der Waals surface area (Å²) in [4.78, 5) is 0. The Morgan fingerprint density at radius 1 is 1.17 bits per heavy atom. The molecule has 0 aromatic heterocycles. The molecule has 0 fully saturated rings. The second-order valence-electron chi connectivity index (χ2n) is 3.94. The Morgan fingerprint density at radius 2 is 1.94 bits per heavy atom. The van der Waals surface area contributed by atoms with E-state index >= 15 is 0 Å². The highest BCUT2D eigenvalue weighted by atomic mass is 35.5. The Bertz CT molecular complexity index is 570. The first kappa shape index (κ1) is 13.2. The van der Waals surface area contributed by atoms with Gasteiger partial charge in [0.25, 0.3) is 0 Å². The third kappa shape index (κ3) is 2.78. The lowest BCUT2D eigenvalue weighted by Gasteiger charge is -2.13. The van der Waals surface area contributed by atoms with Crippen LogP contribution in [0.5, 0.6) is 11.5 Å². The van der Waals surface area contributed by atoms with Gasteiger partial charge in [0.2, 0.25) is 0 Å². The number of hydrogen-bond donors (Lipinski definition) is 1. The average molecular weight is 282 g/mol. The molecule has 0 atom stereocenters. The molecule has 94 valence electrons. The van der Waals surface area contributed by atoms with Crippen LogP contribution in [-0.2, 0) is 6.54 Å². The first-order valence-electron chi connectivity index (χ1n) is 5.53. The molecule has 0 aliphatic heterocycles. The summed E-state index contributed by atoms with van der Waals surface area (Å²) >= 11 is 12.0. The molecule has 18 heavy (non-hydrogen) atoms. The van der Waals surface area contributed by atoms with Crippen LogP contribution >= 0.6 is 23.2 Å². The van der Waals surface area contributed by atoms with Gasteiger partial charge in [0.15, 0.2) is 0 Å². The van der Waals surface area contributed by atoms with Gasteiger partial charge >= 0.3 is 0 Å². The highest BCUT2D eigenvalue weighted by Gasteiger charge is 2.10. The van der Waals surface area contributed by atoms with E-state index in [1.165, 1.54) is 0 Å². The van der Waals surface area contributed by atoms with Crippen molar-refractivity contribution in [3.8, 4) is 11.5 Å². The molecule has 2 rings (SSSR count). The van der Waals surface area contributed by atoms with E-state index in [1.54, 1.807) is 12.1 Å². The Labute approximate surface area is 116 Å². The van der Waals surface area contributed by atoms with E-state index in [9.17, 15) is 0 Å². The number of para-hydroxylation sites is 1. The Balaban J connectivity index is 2.39. The number of nitrogens with two attached hydrogens (primary N) is 1. The van der Waals surface area contributed by atoms with E-state index in [1.807, 2.05) is 31.2 Å². The van der Waals surface area contributed by atoms with Gasteiger partial charge in [-0.2, -0.15) is 0 Å². The molecule has 0 spiro atoms. The summed E-state index contributed by atoms with van der Waals surface area (Å²) in [5, 5.41) is 1.23. The van der Waals surface area contributed by atoms with Crippen molar-refractivity contribution >= 4 is 23.2 Å². The lowest BCUT2D eigenvalue weighted by Crippen LogP contribution is -2.00. The van der Waals surface area contributed by atoms with Crippen molar-refractivity contribution in [3.05, 3.63) is 57.6 Å². The van der Waals surface area contributed by atoms with Crippen LogP contribution < -0.4 is 10.5 Å². The first-order chi connectivity index (χ1) is 8.61. The van der Waals surface area contributed by atoms with Crippen LogP contribution in [-0.4, -0.2) is 0 Å². The van der Waals surface area contributed by atoms with Crippen molar-refractivity contribution < 1.29 is 4.74 Å². The fourth-order valence-electron chi connectivity index (χ4n) is 1.67. The molecule has 2 nitrogen and oxygen atoms in total. The van der Waals surface area contributed by atoms with Gasteiger partial charge in [-0.3, -0.25) is 0 Å². The zero-order valence-corrected chi connectivity index (χ0v) is 11.4. The van der Waals surface area contributed by atoms with Crippen LogP contribution in [0.4, 0.5) is 0 Å². The Kier molecular flexibility index (Phi) is 4.12. The van der Waals surface area contributed by atoms with Gasteiger partial charge < -0.3 is 10.5 Å². The minimum Gasteiger partial charge on any atom is -0.455 e. The summed E-state index contributed by atoms with van der Waals surface area (Å²) in [6.45, 7) is 2.31. The van der Waals surface area contributed by atoms with Crippen LogP contribution in [0.1, 0.15) is 11.1 Å².